The summed E-state index contributed by atoms with van der Waals surface area (Å²) in [5.74, 6) is 0.884. The lowest BCUT2D eigenvalue weighted by Crippen LogP contribution is -2.24. The standard InChI is InChI=1S/C15H13BrClNO/c1-9-3-2-4-13-15(9)18-8-14(19-13)11-6-5-10(16)7-12(11)17/h2-7,14,18H,8H2,1H3. The van der Waals surface area contributed by atoms with Crippen molar-refractivity contribution in [2.24, 2.45) is 0 Å². The summed E-state index contributed by atoms with van der Waals surface area (Å²) < 4.78 is 7.03. The van der Waals surface area contributed by atoms with Crippen LogP contribution >= 0.6 is 27.5 Å². The van der Waals surface area contributed by atoms with E-state index in [4.69, 9.17) is 16.3 Å². The molecule has 0 spiro atoms. The molecule has 0 saturated heterocycles. The van der Waals surface area contributed by atoms with Crippen LogP contribution in [0.15, 0.2) is 40.9 Å². The molecule has 0 aromatic heterocycles. The monoisotopic (exact) mass is 337 g/mol. The van der Waals surface area contributed by atoms with Crippen LogP contribution in [0.5, 0.6) is 5.75 Å². The Morgan fingerprint density at radius 3 is 2.95 bits per heavy atom. The first-order valence-corrected chi connectivity index (χ1v) is 7.27. The van der Waals surface area contributed by atoms with Gasteiger partial charge in [-0.2, -0.15) is 0 Å². The number of hydrogen-bond donors (Lipinski definition) is 1. The molecule has 3 rings (SSSR count). The third kappa shape index (κ3) is 2.45. The maximum Gasteiger partial charge on any atom is 0.143 e. The van der Waals surface area contributed by atoms with Crippen molar-refractivity contribution in [2.75, 3.05) is 11.9 Å². The molecule has 1 aliphatic rings. The van der Waals surface area contributed by atoms with E-state index < -0.39 is 0 Å². The molecule has 0 bridgehead atoms. The van der Waals surface area contributed by atoms with Crippen LogP contribution in [0.3, 0.4) is 0 Å². The Bertz CT molecular complexity index is 630. The van der Waals surface area contributed by atoms with Gasteiger partial charge in [0.2, 0.25) is 0 Å². The quantitative estimate of drug-likeness (QED) is 0.794. The fraction of sp³-hybridized carbons (Fsp3) is 0.200. The van der Waals surface area contributed by atoms with Crippen LogP contribution in [0.4, 0.5) is 5.69 Å². The second-order valence-corrected chi connectivity index (χ2v) is 5.92. The average molecular weight is 339 g/mol. The van der Waals surface area contributed by atoms with Crippen molar-refractivity contribution in [3.8, 4) is 5.75 Å². The highest BCUT2D eigenvalue weighted by atomic mass is 79.9. The number of ether oxygens (including phenoxy) is 1. The summed E-state index contributed by atoms with van der Waals surface area (Å²) in [6.45, 7) is 2.79. The summed E-state index contributed by atoms with van der Waals surface area (Å²) >= 11 is 9.70. The van der Waals surface area contributed by atoms with Crippen LogP contribution in [0.2, 0.25) is 5.02 Å². The fourth-order valence-corrected chi connectivity index (χ4v) is 3.09. The first kappa shape index (κ1) is 12.8. The van der Waals surface area contributed by atoms with E-state index in [-0.39, 0.29) is 6.10 Å². The maximum absolute atomic E-state index is 6.28. The molecule has 1 unspecified atom stereocenters. The van der Waals surface area contributed by atoms with Gasteiger partial charge in [0.15, 0.2) is 0 Å². The van der Waals surface area contributed by atoms with Gasteiger partial charge in [0.1, 0.15) is 11.9 Å². The van der Waals surface area contributed by atoms with Gasteiger partial charge in [0, 0.05) is 15.1 Å². The molecule has 0 aliphatic carbocycles. The summed E-state index contributed by atoms with van der Waals surface area (Å²) in [6.07, 6.45) is -0.0603. The minimum absolute atomic E-state index is 0.0603. The number of para-hydroxylation sites is 1. The Morgan fingerprint density at radius 1 is 1.32 bits per heavy atom. The van der Waals surface area contributed by atoms with Crippen LogP contribution in [0.1, 0.15) is 17.2 Å². The van der Waals surface area contributed by atoms with Crippen molar-refractivity contribution >= 4 is 33.2 Å². The third-order valence-corrected chi connectivity index (χ3v) is 4.10. The number of benzene rings is 2. The Hall–Kier alpha value is -1.19. The zero-order valence-corrected chi connectivity index (χ0v) is 12.8. The van der Waals surface area contributed by atoms with E-state index in [0.717, 1.165) is 33.0 Å². The van der Waals surface area contributed by atoms with Crippen molar-refractivity contribution in [1.82, 2.24) is 0 Å². The molecule has 1 heterocycles. The highest BCUT2D eigenvalue weighted by Crippen LogP contribution is 2.38. The summed E-state index contributed by atoms with van der Waals surface area (Å²) in [5.41, 5.74) is 3.27. The lowest BCUT2D eigenvalue weighted by Gasteiger charge is -2.29. The Balaban J connectivity index is 1.93. The van der Waals surface area contributed by atoms with Crippen molar-refractivity contribution < 1.29 is 4.74 Å². The second-order valence-electron chi connectivity index (χ2n) is 4.60. The van der Waals surface area contributed by atoms with E-state index in [9.17, 15) is 0 Å². The predicted octanol–water partition coefficient (Wildman–Crippen LogP) is 4.96. The molecule has 98 valence electrons. The van der Waals surface area contributed by atoms with Crippen molar-refractivity contribution in [3.63, 3.8) is 0 Å². The topological polar surface area (TPSA) is 21.3 Å². The molecule has 0 saturated carbocycles. The van der Waals surface area contributed by atoms with Crippen LogP contribution in [0.25, 0.3) is 0 Å². The highest BCUT2D eigenvalue weighted by Gasteiger charge is 2.23. The molecule has 1 aliphatic heterocycles. The first-order valence-electron chi connectivity index (χ1n) is 6.10. The minimum Gasteiger partial charge on any atom is -0.482 e. The number of aryl methyl sites for hydroxylation is 1. The fourth-order valence-electron chi connectivity index (χ4n) is 2.29. The van der Waals surface area contributed by atoms with Gasteiger partial charge in [0.25, 0.3) is 0 Å². The van der Waals surface area contributed by atoms with Crippen LogP contribution in [0, 0.1) is 6.92 Å². The number of nitrogens with one attached hydrogen (secondary N) is 1. The molecule has 1 atom stereocenters. The summed E-state index contributed by atoms with van der Waals surface area (Å²) in [5, 5.41) is 4.15. The Labute approximate surface area is 125 Å². The van der Waals surface area contributed by atoms with Crippen molar-refractivity contribution in [1.29, 1.82) is 0 Å². The van der Waals surface area contributed by atoms with E-state index in [0.29, 0.717) is 0 Å². The molecule has 4 heteroatoms. The smallest absolute Gasteiger partial charge is 0.143 e. The number of hydrogen-bond acceptors (Lipinski definition) is 2. The average Bonchev–Trinajstić information content (AvgIpc) is 2.38. The molecule has 2 aromatic carbocycles. The maximum atomic E-state index is 6.28. The van der Waals surface area contributed by atoms with Gasteiger partial charge in [-0.25, -0.2) is 0 Å². The van der Waals surface area contributed by atoms with E-state index in [1.54, 1.807) is 0 Å². The molecule has 2 aromatic rings. The van der Waals surface area contributed by atoms with Crippen LogP contribution in [-0.2, 0) is 0 Å². The highest BCUT2D eigenvalue weighted by molar-refractivity contribution is 9.10. The van der Waals surface area contributed by atoms with Gasteiger partial charge in [-0.3, -0.25) is 0 Å². The Kier molecular flexibility index (Phi) is 3.42. The zero-order valence-electron chi connectivity index (χ0n) is 10.4. The molecule has 19 heavy (non-hydrogen) atoms. The second kappa shape index (κ2) is 5.06. The number of anilines is 1. The van der Waals surface area contributed by atoms with Crippen molar-refractivity contribution in [3.05, 3.63) is 57.0 Å². The van der Waals surface area contributed by atoms with Crippen molar-refractivity contribution in [2.45, 2.75) is 13.0 Å². The van der Waals surface area contributed by atoms with Gasteiger partial charge in [-0.1, -0.05) is 45.7 Å². The number of rotatable bonds is 1. The molecular formula is C15H13BrClNO. The molecular weight excluding hydrogens is 326 g/mol. The van der Waals surface area contributed by atoms with E-state index in [2.05, 4.69) is 34.2 Å². The summed E-state index contributed by atoms with van der Waals surface area (Å²) in [6, 6.07) is 11.9. The van der Waals surface area contributed by atoms with E-state index in [1.807, 2.05) is 30.3 Å². The molecule has 0 fully saturated rings. The largest absolute Gasteiger partial charge is 0.482 e. The molecule has 0 amide bonds. The van der Waals surface area contributed by atoms with Gasteiger partial charge in [-0.15, -0.1) is 0 Å². The lowest BCUT2D eigenvalue weighted by molar-refractivity contribution is 0.210. The SMILES string of the molecule is Cc1cccc2c1NCC(c1ccc(Br)cc1Cl)O2. The van der Waals surface area contributed by atoms with Gasteiger partial charge in [0.05, 0.1) is 12.2 Å². The van der Waals surface area contributed by atoms with E-state index >= 15 is 0 Å². The lowest BCUT2D eigenvalue weighted by atomic mass is 10.1. The number of halogens is 2. The summed E-state index contributed by atoms with van der Waals surface area (Å²) in [7, 11) is 0. The van der Waals surface area contributed by atoms with Crippen LogP contribution in [-0.4, -0.2) is 6.54 Å². The summed E-state index contributed by atoms with van der Waals surface area (Å²) in [4.78, 5) is 0. The number of fused-ring (bicyclic) bond motifs is 1. The molecule has 0 radical (unpaired) electrons. The van der Waals surface area contributed by atoms with Gasteiger partial charge in [-0.05, 0) is 30.7 Å². The Morgan fingerprint density at radius 2 is 2.16 bits per heavy atom. The third-order valence-electron chi connectivity index (χ3n) is 3.28. The minimum atomic E-state index is -0.0603. The van der Waals surface area contributed by atoms with E-state index in [1.165, 1.54) is 5.56 Å². The molecule has 1 N–H and O–H groups in total. The van der Waals surface area contributed by atoms with Crippen LogP contribution < -0.4 is 10.1 Å². The van der Waals surface area contributed by atoms with Gasteiger partial charge >= 0.3 is 0 Å². The van der Waals surface area contributed by atoms with Gasteiger partial charge < -0.3 is 10.1 Å². The first-order chi connectivity index (χ1) is 9.15. The zero-order chi connectivity index (χ0) is 13.4. The molecule has 2 nitrogen and oxygen atoms in total. The normalized spacial score (nSPS) is 17.3. The predicted molar refractivity (Wildman–Crippen MR) is 82.2 cm³/mol.